The normalized spacial score (nSPS) is 17.0. The summed E-state index contributed by atoms with van der Waals surface area (Å²) in [5.74, 6) is 1.65. The van der Waals surface area contributed by atoms with Gasteiger partial charge in [-0.15, -0.1) is 0 Å². The molecule has 0 radical (unpaired) electrons. The lowest BCUT2D eigenvalue weighted by atomic mass is 9.92. The van der Waals surface area contributed by atoms with Gasteiger partial charge in [0, 0.05) is 17.6 Å². The van der Waals surface area contributed by atoms with E-state index in [4.69, 9.17) is 21.1 Å². The number of benzene rings is 2. The van der Waals surface area contributed by atoms with Gasteiger partial charge in [0.2, 0.25) is 0 Å². The Labute approximate surface area is 161 Å². The number of nitrogens with zero attached hydrogens (tertiary/aromatic N) is 1. The van der Waals surface area contributed by atoms with E-state index in [2.05, 4.69) is 36.1 Å². The van der Waals surface area contributed by atoms with Crippen LogP contribution in [0.3, 0.4) is 0 Å². The number of hydrogen-bond donors (Lipinski definition) is 0. The average Bonchev–Trinajstić information content (AvgIpc) is 2.67. The van der Waals surface area contributed by atoms with Crippen LogP contribution in [-0.2, 0) is 12.8 Å². The van der Waals surface area contributed by atoms with Gasteiger partial charge in [-0.05, 0) is 80.1 Å². The Morgan fingerprint density at radius 2 is 1.73 bits per heavy atom. The minimum Gasteiger partial charge on any atom is -0.493 e. The Bertz CT molecular complexity index is 730. The lowest BCUT2D eigenvalue weighted by Gasteiger charge is -2.35. The first-order chi connectivity index (χ1) is 12.6. The van der Waals surface area contributed by atoms with Crippen molar-refractivity contribution in [2.45, 2.75) is 38.6 Å². The number of aryl methyl sites for hydroxylation is 1. The predicted octanol–water partition coefficient (Wildman–Crippen LogP) is 5.30. The van der Waals surface area contributed by atoms with Crippen LogP contribution in [0.25, 0.3) is 0 Å². The van der Waals surface area contributed by atoms with Crippen LogP contribution in [0.5, 0.6) is 11.5 Å². The van der Waals surface area contributed by atoms with Gasteiger partial charge in [0.25, 0.3) is 0 Å². The van der Waals surface area contributed by atoms with E-state index in [0.29, 0.717) is 6.04 Å². The Balaban J connectivity index is 1.56. The number of rotatable bonds is 7. The van der Waals surface area contributed by atoms with Crippen molar-refractivity contribution in [2.75, 3.05) is 27.3 Å². The van der Waals surface area contributed by atoms with E-state index in [1.54, 1.807) is 14.2 Å². The molecule has 0 aliphatic carbocycles. The fourth-order valence-corrected chi connectivity index (χ4v) is 3.92. The van der Waals surface area contributed by atoms with Gasteiger partial charge in [0.05, 0.1) is 14.2 Å². The van der Waals surface area contributed by atoms with Crippen molar-refractivity contribution in [1.82, 2.24) is 4.90 Å². The molecule has 2 aromatic carbocycles. The molecule has 1 unspecified atom stereocenters. The summed E-state index contributed by atoms with van der Waals surface area (Å²) in [6, 6.07) is 12.9. The monoisotopic (exact) mass is 373 g/mol. The number of halogens is 1. The Kier molecular flexibility index (Phi) is 6.44. The summed E-state index contributed by atoms with van der Waals surface area (Å²) in [4.78, 5) is 2.58. The fourth-order valence-electron chi connectivity index (χ4n) is 3.80. The molecule has 0 amide bonds. The zero-order valence-corrected chi connectivity index (χ0v) is 16.7. The number of methoxy groups -OCH3 is 2. The topological polar surface area (TPSA) is 21.7 Å². The van der Waals surface area contributed by atoms with Crippen molar-refractivity contribution in [2.24, 2.45) is 0 Å². The molecule has 140 valence electrons. The fraction of sp³-hybridized carbons (Fsp3) is 0.455. The maximum atomic E-state index is 5.95. The summed E-state index contributed by atoms with van der Waals surface area (Å²) in [7, 11) is 3.40. The SMILES string of the molecule is COc1cc2c(cc1OC)C(C)N(CCCCc1ccc(Cl)cc1)CC2. The summed E-state index contributed by atoms with van der Waals surface area (Å²) in [6.45, 7) is 4.52. The highest BCUT2D eigenvalue weighted by Gasteiger charge is 2.25. The number of unbranched alkanes of at least 4 members (excludes halogenated alkanes) is 1. The molecule has 1 heterocycles. The maximum Gasteiger partial charge on any atom is 0.161 e. The van der Waals surface area contributed by atoms with Crippen LogP contribution in [0, 0.1) is 0 Å². The summed E-state index contributed by atoms with van der Waals surface area (Å²) in [5.41, 5.74) is 4.11. The molecule has 1 atom stereocenters. The van der Waals surface area contributed by atoms with Crippen molar-refractivity contribution < 1.29 is 9.47 Å². The van der Waals surface area contributed by atoms with Gasteiger partial charge in [-0.2, -0.15) is 0 Å². The Morgan fingerprint density at radius 3 is 2.42 bits per heavy atom. The largest absolute Gasteiger partial charge is 0.493 e. The molecule has 0 saturated heterocycles. The van der Waals surface area contributed by atoms with Gasteiger partial charge in [0.1, 0.15) is 0 Å². The van der Waals surface area contributed by atoms with Gasteiger partial charge in [0.15, 0.2) is 11.5 Å². The highest BCUT2D eigenvalue weighted by molar-refractivity contribution is 6.30. The summed E-state index contributed by atoms with van der Waals surface area (Å²) in [5, 5.41) is 0.807. The Hall–Kier alpha value is -1.71. The van der Waals surface area contributed by atoms with E-state index in [1.165, 1.54) is 29.5 Å². The molecular formula is C22H28ClNO2. The molecule has 4 heteroatoms. The molecule has 3 rings (SSSR count). The molecule has 0 N–H and O–H groups in total. The molecule has 1 aliphatic rings. The van der Waals surface area contributed by atoms with Crippen molar-refractivity contribution in [1.29, 1.82) is 0 Å². The van der Waals surface area contributed by atoms with Crippen molar-refractivity contribution >= 4 is 11.6 Å². The molecule has 3 nitrogen and oxygen atoms in total. The van der Waals surface area contributed by atoms with E-state index < -0.39 is 0 Å². The van der Waals surface area contributed by atoms with Crippen molar-refractivity contribution in [3.8, 4) is 11.5 Å². The molecule has 1 aliphatic heterocycles. The second-order valence-electron chi connectivity index (χ2n) is 6.95. The number of ether oxygens (including phenoxy) is 2. The molecule has 0 bridgehead atoms. The third kappa shape index (κ3) is 4.33. The van der Waals surface area contributed by atoms with Crippen LogP contribution in [0.1, 0.15) is 42.5 Å². The summed E-state index contributed by atoms with van der Waals surface area (Å²) >= 11 is 5.95. The lowest BCUT2D eigenvalue weighted by molar-refractivity contribution is 0.194. The zero-order valence-electron chi connectivity index (χ0n) is 15.9. The number of hydrogen-bond acceptors (Lipinski definition) is 3. The highest BCUT2D eigenvalue weighted by Crippen LogP contribution is 2.37. The average molecular weight is 374 g/mol. The molecule has 0 spiro atoms. The highest BCUT2D eigenvalue weighted by atomic mass is 35.5. The van der Waals surface area contributed by atoms with E-state index in [1.807, 2.05) is 12.1 Å². The van der Waals surface area contributed by atoms with Gasteiger partial charge in [-0.25, -0.2) is 0 Å². The second-order valence-corrected chi connectivity index (χ2v) is 7.39. The molecular weight excluding hydrogens is 346 g/mol. The summed E-state index contributed by atoms with van der Waals surface area (Å²) < 4.78 is 10.9. The van der Waals surface area contributed by atoms with Crippen molar-refractivity contribution in [3.05, 3.63) is 58.1 Å². The molecule has 26 heavy (non-hydrogen) atoms. The van der Waals surface area contributed by atoms with E-state index in [0.717, 1.165) is 42.5 Å². The van der Waals surface area contributed by atoms with Crippen molar-refractivity contribution in [3.63, 3.8) is 0 Å². The van der Waals surface area contributed by atoms with Crippen LogP contribution in [0.2, 0.25) is 5.02 Å². The minimum absolute atomic E-state index is 0.411. The second kappa shape index (κ2) is 8.79. The lowest BCUT2D eigenvalue weighted by Crippen LogP contribution is -2.34. The summed E-state index contributed by atoms with van der Waals surface area (Å²) in [6.07, 6.45) is 4.58. The van der Waals surface area contributed by atoms with Crippen LogP contribution >= 0.6 is 11.6 Å². The van der Waals surface area contributed by atoms with Gasteiger partial charge in [-0.1, -0.05) is 23.7 Å². The molecule has 0 fully saturated rings. The first-order valence-electron chi connectivity index (χ1n) is 9.35. The van der Waals surface area contributed by atoms with Gasteiger partial charge in [-0.3, -0.25) is 4.90 Å². The zero-order chi connectivity index (χ0) is 18.5. The van der Waals surface area contributed by atoms with Gasteiger partial charge < -0.3 is 9.47 Å². The van der Waals surface area contributed by atoms with Crippen LogP contribution in [-0.4, -0.2) is 32.2 Å². The quantitative estimate of drug-likeness (QED) is 0.615. The van der Waals surface area contributed by atoms with Crippen LogP contribution in [0.4, 0.5) is 0 Å². The smallest absolute Gasteiger partial charge is 0.161 e. The molecule has 0 saturated carbocycles. The van der Waals surface area contributed by atoms with Crippen LogP contribution in [0.15, 0.2) is 36.4 Å². The standard InChI is InChI=1S/C22H28ClNO2/c1-16-20-15-22(26-3)21(25-2)14-18(20)11-13-24(16)12-5-4-6-17-7-9-19(23)10-8-17/h7-10,14-16H,4-6,11-13H2,1-3H3. The van der Waals surface area contributed by atoms with E-state index >= 15 is 0 Å². The third-order valence-corrected chi connectivity index (χ3v) is 5.64. The predicted molar refractivity (Wildman–Crippen MR) is 108 cm³/mol. The Morgan fingerprint density at radius 1 is 1.04 bits per heavy atom. The minimum atomic E-state index is 0.411. The first-order valence-corrected chi connectivity index (χ1v) is 9.73. The van der Waals surface area contributed by atoms with E-state index in [-0.39, 0.29) is 0 Å². The maximum absolute atomic E-state index is 5.95. The molecule has 0 aromatic heterocycles. The first kappa shape index (κ1) is 19.1. The third-order valence-electron chi connectivity index (χ3n) is 5.39. The number of fused-ring (bicyclic) bond motifs is 1. The van der Waals surface area contributed by atoms with Crippen LogP contribution < -0.4 is 9.47 Å². The van der Waals surface area contributed by atoms with E-state index in [9.17, 15) is 0 Å². The van der Waals surface area contributed by atoms with Gasteiger partial charge >= 0.3 is 0 Å². The molecule has 2 aromatic rings.